The van der Waals surface area contributed by atoms with Gasteiger partial charge >= 0.3 is 6.03 Å². The Morgan fingerprint density at radius 2 is 1.69 bits per heavy atom. The number of hydrogen-bond acceptors (Lipinski definition) is 6. The van der Waals surface area contributed by atoms with Crippen LogP contribution in [-0.2, 0) is 17.8 Å². The minimum atomic E-state index is -0.667. The van der Waals surface area contributed by atoms with Gasteiger partial charge in [0.15, 0.2) is 0 Å². The van der Waals surface area contributed by atoms with Gasteiger partial charge in [-0.3, -0.25) is 0 Å². The number of unbranched alkanes of at least 4 members (excludes halogenated alkanes) is 4. The molecule has 0 unspecified atom stereocenters. The van der Waals surface area contributed by atoms with Crippen molar-refractivity contribution in [2.45, 2.75) is 64.6 Å². The molecule has 8 heteroatoms. The average Bonchev–Trinajstić information content (AvgIpc) is 2.88. The molecule has 0 aliphatic carbocycles. The molecular formula is C28H43N3O5. The van der Waals surface area contributed by atoms with Gasteiger partial charge in [-0.05, 0) is 81.0 Å². The lowest BCUT2D eigenvalue weighted by atomic mass is 10.1. The fourth-order valence-corrected chi connectivity index (χ4v) is 3.83. The summed E-state index contributed by atoms with van der Waals surface area (Å²) in [7, 11) is 0. The van der Waals surface area contributed by atoms with E-state index in [0.29, 0.717) is 24.2 Å². The molecule has 2 rings (SSSR count). The minimum Gasteiger partial charge on any atom is -0.508 e. The van der Waals surface area contributed by atoms with Crippen LogP contribution in [-0.4, -0.2) is 54.2 Å². The van der Waals surface area contributed by atoms with Crippen molar-refractivity contribution >= 4 is 11.7 Å². The van der Waals surface area contributed by atoms with E-state index < -0.39 is 6.10 Å². The monoisotopic (exact) mass is 501 g/mol. The Morgan fingerprint density at radius 1 is 0.972 bits per heavy atom. The molecule has 0 heterocycles. The topological polar surface area (TPSA) is 123 Å². The molecule has 8 nitrogen and oxygen atoms in total. The third-order valence-corrected chi connectivity index (χ3v) is 5.94. The number of anilines is 1. The lowest BCUT2D eigenvalue weighted by Crippen LogP contribution is -2.28. The quantitative estimate of drug-likeness (QED) is 0.170. The van der Waals surface area contributed by atoms with Gasteiger partial charge in [0.05, 0.1) is 12.7 Å². The fraction of sp³-hybridized carbons (Fsp3) is 0.536. The van der Waals surface area contributed by atoms with Crippen LogP contribution >= 0.6 is 0 Å². The summed E-state index contributed by atoms with van der Waals surface area (Å²) in [5, 5.41) is 37.9. The maximum atomic E-state index is 11.5. The number of amides is 2. The zero-order chi connectivity index (χ0) is 26.0. The highest BCUT2D eigenvalue weighted by Gasteiger charge is 2.10. The average molecular weight is 502 g/mol. The standard InChI is InChI=1S/C28H43N3O5/c1-2-30-28(35)31-25-13-10-22(11-14-25)9-5-8-18-36-17-7-4-3-6-16-29-20-27(34)23-12-15-26(33)24(19-23)21-32/h10-15,19,27,29,32-34H,2-9,16-18,20-21H2,1H3,(H2,30,31,35)/t27-/m1/s1. The molecule has 0 aliphatic rings. The molecule has 0 spiro atoms. The third kappa shape index (κ3) is 11.9. The molecule has 36 heavy (non-hydrogen) atoms. The van der Waals surface area contributed by atoms with Gasteiger partial charge in [0.25, 0.3) is 0 Å². The predicted molar refractivity (Wildman–Crippen MR) is 143 cm³/mol. The van der Waals surface area contributed by atoms with Crippen LogP contribution in [0.15, 0.2) is 42.5 Å². The molecule has 2 aromatic rings. The zero-order valence-corrected chi connectivity index (χ0v) is 21.5. The van der Waals surface area contributed by atoms with Crippen LogP contribution in [0.1, 0.15) is 68.2 Å². The second-order valence-corrected chi connectivity index (χ2v) is 8.93. The number of benzene rings is 2. The number of aromatic hydroxyl groups is 1. The van der Waals surface area contributed by atoms with Crippen molar-refractivity contribution in [3.63, 3.8) is 0 Å². The molecule has 0 fully saturated rings. The molecule has 0 saturated carbocycles. The Labute approximate surface area is 215 Å². The number of carbonyl (C=O) groups is 1. The Bertz CT molecular complexity index is 876. The van der Waals surface area contributed by atoms with E-state index in [9.17, 15) is 20.1 Å². The van der Waals surface area contributed by atoms with Crippen LogP contribution in [0.5, 0.6) is 5.75 Å². The molecule has 0 radical (unpaired) electrons. The number of aryl methyl sites for hydroxylation is 1. The van der Waals surface area contributed by atoms with E-state index in [1.165, 1.54) is 11.6 Å². The summed E-state index contributed by atoms with van der Waals surface area (Å²) in [4.78, 5) is 11.5. The zero-order valence-electron chi connectivity index (χ0n) is 21.5. The van der Waals surface area contributed by atoms with E-state index in [2.05, 4.69) is 28.1 Å². The number of carbonyl (C=O) groups excluding carboxylic acids is 1. The van der Waals surface area contributed by atoms with E-state index in [0.717, 1.165) is 70.4 Å². The van der Waals surface area contributed by atoms with Crippen molar-refractivity contribution < 1.29 is 24.9 Å². The molecule has 1 atom stereocenters. The normalized spacial score (nSPS) is 11.9. The summed E-state index contributed by atoms with van der Waals surface area (Å²) in [6.07, 6.45) is 6.78. The number of aliphatic hydroxyl groups is 2. The van der Waals surface area contributed by atoms with Crippen LogP contribution in [0.25, 0.3) is 0 Å². The first-order valence-electron chi connectivity index (χ1n) is 13.1. The van der Waals surface area contributed by atoms with Crippen LogP contribution in [0.3, 0.4) is 0 Å². The molecule has 200 valence electrons. The highest BCUT2D eigenvalue weighted by atomic mass is 16.5. The van der Waals surface area contributed by atoms with Gasteiger partial charge in [0, 0.05) is 37.6 Å². The summed E-state index contributed by atoms with van der Waals surface area (Å²) >= 11 is 0. The summed E-state index contributed by atoms with van der Waals surface area (Å²) < 4.78 is 5.75. The largest absolute Gasteiger partial charge is 0.508 e. The molecular weight excluding hydrogens is 458 g/mol. The summed E-state index contributed by atoms with van der Waals surface area (Å²) in [6.45, 7) is 5.10. The smallest absolute Gasteiger partial charge is 0.319 e. The number of aliphatic hydroxyl groups excluding tert-OH is 2. The Hall–Kier alpha value is -2.65. The Balaban J connectivity index is 1.40. The van der Waals surface area contributed by atoms with Gasteiger partial charge in [-0.2, -0.15) is 0 Å². The van der Waals surface area contributed by atoms with Gasteiger partial charge < -0.3 is 36.0 Å². The lowest BCUT2D eigenvalue weighted by Gasteiger charge is -2.14. The minimum absolute atomic E-state index is 0.0423. The number of phenols is 1. The Kier molecular flexibility index (Phi) is 14.6. The molecule has 6 N–H and O–H groups in total. The van der Waals surface area contributed by atoms with E-state index in [1.807, 2.05) is 19.1 Å². The number of rotatable bonds is 18. The first-order chi connectivity index (χ1) is 17.5. The molecule has 0 saturated heterocycles. The van der Waals surface area contributed by atoms with Gasteiger partial charge in [-0.1, -0.05) is 31.0 Å². The molecule has 2 aromatic carbocycles. The van der Waals surface area contributed by atoms with E-state index >= 15 is 0 Å². The van der Waals surface area contributed by atoms with E-state index in [-0.39, 0.29) is 18.4 Å². The van der Waals surface area contributed by atoms with Gasteiger partial charge in [-0.15, -0.1) is 0 Å². The highest BCUT2D eigenvalue weighted by Crippen LogP contribution is 2.22. The maximum Gasteiger partial charge on any atom is 0.319 e. The highest BCUT2D eigenvalue weighted by molar-refractivity contribution is 5.89. The summed E-state index contributed by atoms with van der Waals surface area (Å²) in [5.74, 6) is 0.0423. The number of nitrogens with one attached hydrogen (secondary N) is 3. The summed E-state index contributed by atoms with van der Waals surface area (Å²) in [5.41, 5.74) is 3.17. The number of hydrogen-bond donors (Lipinski definition) is 6. The first kappa shape index (κ1) is 29.6. The molecule has 0 aromatic heterocycles. The summed E-state index contributed by atoms with van der Waals surface area (Å²) in [6, 6.07) is 12.6. The van der Waals surface area contributed by atoms with Crippen molar-refractivity contribution in [2.75, 3.05) is 38.2 Å². The first-order valence-corrected chi connectivity index (χ1v) is 13.1. The molecule has 0 bridgehead atoms. The SMILES string of the molecule is CCNC(=O)Nc1ccc(CCCCOCCCCCCNC[C@@H](O)c2ccc(O)c(CO)c2)cc1. The van der Waals surface area contributed by atoms with Crippen LogP contribution in [0.4, 0.5) is 10.5 Å². The van der Waals surface area contributed by atoms with Crippen molar-refractivity contribution in [3.8, 4) is 5.75 Å². The lowest BCUT2D eigenvalue weighted by molar-refractivity contribution is 0.126. The van der Waals surface area contributed by atoms with Crippen molar-refractivity contribution in [2.24, 2.45) is 0 Å². The van der Waals surface area contributed by atoms with Gasteiger partial charge in [0.2, 0.25) is 0 Å². The van der Waals surface area contributed by atoms with E-state index in [1.54, 1.807) is 12.1 Å². The van der Waals surface area contributed by atoms with Crippen LogP contribution in [0.2, 0.25) is 0 Å². The van der Waals surface area contributed by atoms with Crippen LogP contribution in [0, 0.1) is 0 Å². The van der Waals surface area contributed by atoms with Gasteiger partial charge in [-0.25, -0.2) is 4.79 Å². The van der Waals surface area contributed by atoms with Crippen LogP contribution < -0.4 is 16.0 Å². The molecule has 0 aliphatic heterocycles. The van der Waals surface area contributed by atoms with Crippen molar-refractivity contribution in [1.82, 2.24) is 10.6 Å². The number of urea groups is 1. The van der Waals surface area contributed by atoms with Crippen molar-refractivity contribution in [1.29, 1.82) is 0 Å². The fourth-order valence-electron chi connectivity index (χ4n) is 3.83. The number of ether oxygens (including phenoxy) is 1. The third-order valence-electron chi connectivity index (χ3n) is 5.94. The van der Waals surface area contributed by atoms with E-state index in [4.69, 9.17) is 4.74 Å². The maximum absolute atomic E-state index is 11.5. The Morgan fingerprint density at radius 3 is 2.42 bits per heavy atom. The van der Waals surface area contributed by atoms with Crippen molar-refractivity contribution in [3.05, 3.63) is 59.2 Å². The predicted octanol–water partition coefficient (Wildman–Crippen LogP) is 4.25. The second-order valence-electron chi connectivity index (χ2n) is 8.93. The van der Waals surface area contributed by atoms with Gasteiger partial charge in [0.1, 0.15) is 5.75 Å². The second kappa shape index (κ2) is 17.7. The molecule has 2 amide bonds.